The molecule has 102 valence electrons. The molecule has 0 radical (unpaired) electrons. The predicted octanol–water partition coefficient (Wildman–Crippen LogP) is 2.97. The van der Waals surface area contributed by atoms with Gasteiger partial charge in [-0.05, 0) is 36.4 Å². The van der Waals surface area contributed by atoms with Crippen molar-refractivity contribution in [2.45, 2.75) is 18.9 Å². The van der Waals surface area contributed by atoms with Crippen molar-refractivity contribution >= 4 is 21.4 Å². The van der Waals surface area contributed by atoms with E-state index in [4.69, 9.17) is 10.6 Å². The van der Waals surface area contributed by atoms with Crippen LogP contribution in [-0.4, -0.2) is 13.2 Å². The number of thiophene rings is 1. The molecule has 1 aliphatic rings. The Labute approximate surface area is 115 Å². The molecule has 2 atom stereocenters. The highest BCUT2D eigenvalue weighted by atomic mass is 32.1. The smallest absolute Gasteiger partial charge is 0.124 e. The first-order valence-electron chi connectivity index (χ1n) is 6.51. The normalized spacial score (nSPS) is 21.7. The fourth-order valence-corrected chi connectivity index (χ4v) is 3.90. The summed E-state index contributed by atoms with van der Waals surface area (Å²) in [6.45, 7) is 1.57. The third-order valence-corrected chi connectivity index (χ3v) is 4.84. The lowest BCUT2D eigenvalue weighted by Gasteiger charge is -2.29. The Morgan fingerprint density at radius 1 is 1.42 bits per heavy atom. The lowest BCUT2D eigenvalue weighted by Crippen LogP contribution is -2.36. The SMILES string of the molecule is NNC(c1cc2ccc(F)cc2s1)C1CCCOC1. The van der Waals surface area contributed by atoms with Crippen LogP contribution in [0.15, 0.2) is 24.3 Å². The minimum atomic E-state index is -0.195. The zero-order chi connectivity index (χ0) is 13.2. The second kappa shape index (κ2) is 5.54. The summed E-state index contributed by atoms with van der Waals surface area (Å²) < 4.78 is 19.7. The van der Waals surface area contributed by atoms with Crippen LogP contribution < -0.4 is 11.3 Å². The molecule has 1 aromatic carbocycles. The van der Waals surface area contributed by atoms with E-state index >= 15 is 0 Å². The van der Waals surface area contributed by atoms with E-state index in [1.165, 1.54) is 6.07 Å². The number of hydrogen-bond acceptors (Lipinski definition) is 4. The zero-order valence-electron chi connectivity index (χ0n) is 10.6. The van der Waals surface area contributed by atoms with Crippen molar-refractivity contribution in [1.29, 1.82) is 0 Å². The number of rotatable bonds is 3. The van der Waals surface area contributed by atoms with Gasteiger partial charge in [-0.2, -0.15) is 0 Å². The molecular weight excluding hydrogens is 263 g/mol. The molecule has 5 heteroatoms. The fraction of sp³-hybridized carbons (Fsp3) is 0.429. The van der Waals surface area contributed by atoms with Gasteiger partial charge in [0, 0.05) is 22.1 Å². The Kier molecular flexibility index (Phi) is 3.79. The standard InChI is InChI=1S/C14H17FN2OS/c15-11-4-3-9-6-13(19-12(9)7-11)14(17-16)10-2-1-5-18-8-10/h3-4,6-7,10,14,17H,1-2,5,8,16H2. The highest BCUT2D eigenvalue weighted by Crippen LogP contribution is 2.35. The van der Waals surface area contributed by atoms with Gasteiger partial charge in [0.2, 0.25) is 0 Å². The van der Waals surface area contributed by atoms with Crippen LogP contribution in [-0.2, 0) is 4.74 Å². The molecule has 2 aromatic rings. The van der Waals surface area contributed by atoms with Crippen LogP contribution in [0, 0.1) is 11.7 Å². The molecule has 3 N–H and O–H groups in total. The van der Waals surface area contributed by atoms with E-state index in [2.05, 4.69) is 11.5 Å². The average Bonchev–Trinajstić information content (AvgIpc) is 2.83. The van der Waals surface area contributed by atoms with Crippen molar-refractivity contribution < 1.29 is 9.13 Å². The molecule has 3 rings (SSSR count). The summed E-state index contributed by atoms with van der Waals surface area (Å²) in [4.78, 5) is 1.15. The largest absolute Gasteiger partial charge is 0.381 e. The van der Waals surface area contributed by atoms with Gasteiger partial charge in [0.15, 0.2) is 0 Å². The molecule has 0 aliphatic carbocycles. The highest BCUT2D eigenvalue weighted by molar-refractivity contribution is 7.19. The van der Waals surface area contributed by atoms with E-state index in [1.807, 2.05) is 6.07 Å². The number of ether oxygens (including phenoxy) is 1. The van der Waals surface area contributed by atoms with Gasteiger partial charge >= 0.3 is 0 Å². The van der Waals surface area contributed by atoms with Crippen molar-refractivity contribution in [3.63, 3.8) is 0 Å². The molecule has 1 aromatic heterocycles. The average molecular weight is 280 g/mol. The maximum Gasteiger partial charge on any atom is 0.124 e. The Morgan fingerprint density at radius 2 is 2.32 bits per heavy atom. The van der Waals surface area contributed by atoms with E-state index in [0.717, 1.165) is 41.0 Å². The van der Waals surface area contributed by atoms with Gasteiger partial charge in [0.1, 0.15) is 5.82 Å². The van der Waals surface area contributed by atoms with Crippen molar-refractivity contribution in [2.75, 3.05) is 13.2 Å². The molecule has 2 unspecified atom stereocenters. The van der Waals surface area contributed by atoms with Gasteiger partial charge in [0.05, 0.1) is 12.6 Å². The second-order valence-corrected chi connectivity index (χ2v) is 6.07. The van der Waals surface area contributed by atoms with Crippen LogP contribution in [0.5, 0.6) is 0 Å². The molecule has 1 saturated heterocycles. The predicted molar refractivity (Wildman–Crippen MR) is 75.4 cm³/mol. The molecule has 1 aliphatic heterocycles. The number of nitrogens with one attached hydrogen (secondary N) is 1. The first-order chi connectivity index (χ1) is 9.28. The second-order valence-electron chi connectivity index (χ2n) is 4.95. The van der Waals surface area contributed by atoms with Gasteiger partial charge < -0.3 is 4.74 Å². The Bertz CT molecular complexity index is 566. The van der Waals surface area contributed by atoms with Gasteiger partial charge in [-0.15, -0.1) is 11.3 Å². The van der Waals surface area contributed by atoms with Crippen LogP contribution >= 0.6 is 11.3 Å². The minimum Gasteiger partial charge on any atom is -0.381 e. The fourth-order valence-electron chi connectivity index (χ4n) is 2.66. The number of nitrogens with two attached hydrogens (primary N) is 1. The molecule has 0 spiro atoms. The molecule has 0 bridgehead atoms. The third kappa shape index (κ3) is 2.65. The highest BCUT2D eigenvalue weighted by Gasteiger charge is 2.26. The van der Waals surface area contributed by atoms with Gasteiger partial charge in [0.25, 0.3) is 0 Å². The van der Waals surface area contributed by atoms with Gasteiger partial charge in [-0.1, -0.05) is 6.07 Å². The molecular formula is C14H17FN2OS. The lowest BCUT2D eigenvalue weighted by atomic mass is 9.93. The maximum absolute atomic E-state index is 13.2. The van der Waals surface area contributed by atoms with E-state index < -0.39 is 0 Å². The molecule has 1 fully saturated rings. The number of fused-ring (bicyclic) bond motifs is 1. The van der Waals surface area contributed by atoms with Crippen molar-refractivity contribution in [2.24, 2.45) is 11.8 Å². The Hall–Kier alpha value is -1.01. The quantitative estimate of drug-likeness (QED) is 0.671. The van der Waals surface area contributed by atoms with Crippen LogP contribution in [0.4, 0.5) is 4.39 Å². The summed E-state index contributed by atoms with van der Waals surface area (Å²) in [7, 11) is 0. The maximum atomic E-state index is 13.2. The van der Waals surface area contributed by atoms with Crippen LogP contribution in [0.2, 0.25) is 0 Å². The van der Waals surface area contributed by atoms with E-state index in [9.17, 15) is 4.39 Å². The topological polar surface area (TPSA) is 47.3 Å². The van der Waals surface area contributed by atoms with Crippen molar-refractivity contribution in [3.05, 3.63) is 35.0 Å². The first kappa shape index (κ1) is 13.0. The summed E-state index contributed by atoms with van der Waals surface area (Å²) in [6.07, 6.45) is 2.18. The van der Waals surface area contributed by atoms with E-state index in [1.54, 1.807) is 17.4 Å². The zero-order valence-corrected chi connectivity index (χ0v) is 11.4. The summed E-state index contributed by atoms with van der Waals surface area (Å²) in [5, 5.41) is 1.07. The minimum absolute atomic E-state index is 0.0840. The van der Waals surface area contributed by atoms with Crippen LogP contribution in [0.3, 0.4) is 0 Å². The number of halogens is 1. The molecule has 2 heterocycles. The van der Waals surface area contributed by atoms with E-state index in [-0.39, 0.29) is 11.9 Å². The molecule has 0 amide bonds. The van der Waals surface area contributed by atoms with Gasteiger partial charge in [-0.3, -0.25) is 11.3 Å². The number of hydrogen-bond donors (Lipinski definition) is 2. The van der Waals surface area contributed by atoms with Gasteiger partial charge in [-0.25, -0.2) is 4.39 Å². The summed E-state index contributed by atoms with van der Waals surface area (Å²) >= 11 is 1.60. The van der Waals surface area contributed by atoms with Crippen molar-refractivity contribution in [1.82, 2.24) is 5.43 Å². The van der Waals surface area contributed by atoms with E-state index in [0.29, 0.717) is 5.92 Å². The Balaban J connectivity index is 1.91. The van der Waals surface area contributed by atoms with Crippen LogP contribution in [0.1, 0.15) is 23.8 Å². The molecule has 0 saturated carbocycles. The Morgan fingerprint density at radius 3 is 3.05 bits per heavy atom. The summed E-state index contributed by atoms with van der Waals surface area (Å²) in [6, 6.07) is 7.07. The number of hydrazine groups is 1. The molecule has 19 heavy (non-hydrogen) atoms. The molecule has 3 nitrogen and oxygen atoms in total. The lowest BCUT2D eigenvalue weighted by molar-refractivity contribution is 0.0395. The monoisotopic (exact) mass is 280 g/mol. The summed E-state index contributed by atoms with van der Waals surface area (Å²) in [5.41, 5.74) is 2.90. The number of benzene rings is 1. The first-order valence-corrected chi connectivity index (χ1v) is 7.32. The third-order valence-electron chi connectivity index (χ3n) is 3.65. The van der Waals surface area contributed by atoms with Crippen molar-refractivity contribution in [3.8, 4) is 0 Å². The van der Waals surface area contributed by atoms with Crippen LogP contribution in [0.25, 0.3) is 10.1 Å². The summed E-state index contributed by atoms with van der Waals surface area (Å²) in [5.74, 6) is 5.90.